The van der Waals surface area contributed by atoms with E-state index in [0.29, 0.717) is 11.3 Å². The van der Waals surface area contributed by atoms with Crippen LogP contribution < -0.4 is 11.5 Å². The van der Waals surface area contributed by atoms with Gasteiger partial charge in [0.1, 0.15) is 5.75 Å². The third-order valence-corrected chi connectivity index (χ3v) is 2.46. The maximum Gasteiger partial charge on any atom is 0.196 e. The highest BCUT2D eigenvalue weighted by Crippen LogP contribution is 2.26. The van der Waals surface area contributed by atoms with Crippen LogP contribution in [0.2, 0.25) is 0 Å². The number of rotatable bonds is 2. The highest BCUT2D eigenvalue weighted by Gasteiger charge is 2.14. The van der Waals surface area contributed by atoms with Crippen molar-refractivity contribution in [2.24, 2.45) is 0 Å². The second kappa shape index (κ2) is 4.17. The maximum absolute atomic E-state index is 12.1. The monoisotopic (exact) mass is 228 g/mol. The number of phenols is 1. The molecule has 0 spiro atoms. The summed E-state index contributed by atoms with van der Waals surface area (Å²) in [5.74, 6) is -0.498. The largest absolute Gasteiger partial charge is 0.505 e. The highest BCUT2D eigenvalue weighted by molar-refractivity contribution is 6.11. The molecule has 0 atom stereocenters. The van der Waals surface area contributed by atoms with Crippen molar-refractivity contribution in [2.75, 3.05) is 11.5 Å². The van der Waals surface area contributed by atoms with Gasteiger partial charge in [-0.1, -0.05) is 18.2 Å². The predicted molar refractivity (Wildman–Crippen MR) is 66.8 cm³/mol. The van der Waals surface area contributed by atoms with Gasteiger partial charge >= 0.3 is 0 Å². The number of para-hydroxylation sites is 1. The van der Waals surface area contributed by atoms with E-state index in [-0.39, 0.29) is 22.8 Å². The van der Waals surface area contributed by atoms with Crippen molar-refractivity contribution in [3.63, 3.8) is 0 Å². The lowest BCUT2D eigenvalue weighted by atomic mass is 10.0. The number of phenolic OH excluding ortho intramolecular Hbond substituents is 1. The molecular formula is C13H12N2O2. The van der Waals surface area contributed by atoms with Gasteiger partial charge in [-0.2, -0.15) is 0 Å². The molecule has 0 bridgehead atoms. The van der Waals surface area contributed by atoms with Crippen LogP contribution in [0.5, 0.6) is 5.75 Å². The zero-order chi connectivity index (χ0) is 12.4. The number of carbonyl (C=O) groups excluding carboxylic acids is 1. The molecule has 5 N–H and O–H groups in total. The van der Waals surface area contributed by atoms with Gasteiger partial charge in [0.05, 0.1) is 11.3 Å². The first-order valence-corrected chi connectivity index (χ1v) is 5.07. The molecule has 0 unspecified atom stereocenters. The van der Waals surface area contributed by atoms with E-state index in [1.165, 1.54) is 12.1 Å². The summed E-state index contributed by atoms with van der Waals surface area (Å²) in [6.45, 7) is 0. The summed E-state index contributed by atoms with van der Waals surface area (Å²) in [4.78, 5) is 12.1. The van der Waals surface area contributed by atoms with Crippen molar-refractivity contribution in [3.8, 4) is 5.75 Å². The molecule has 0 aliphatic carbocycles. The van der Waals surface area contributed by atoms with E-state index in [2.05, 4.69) is 0 Å². The van der Waals surface area contributed by atoms with Crippen molar-refractivity contribution >= 4 is 17.2 Å². The number of aromatic hydroxyl groups is 1. The van der Waals surface area contributed by atoms with Gasteiger partial charge in [0, 0.05) is 11.3 Å². The molecule has 0 fully saturated rings. The number of carbonyl (C=O) groups is 1. The Bertz CT molecular complexity index is 579. The van der Waals surface area contributed by atoms with Crippen LogP contribution in [0, 0.1) is 0 Å². The molecule has 0 aromatic heterocycles. The third kappa shape index (κ3) is 2.06. The SMILES string of the molecule is Nc1cccc(C(=O)c2cccc(N)c2O)c1. The average molecular weight is 228 g/mol. The molecule has 0 aliphatic heterocycles. The zero-order valence-electron chi connectivity index (χ0n) is 9.05. The zero-order valence-corrected chi connectivity index (χ0v) is 9.05. The number of nitrogens with two attached hydrogens (primary N) is 2. The minimum atomic E-state index is -0.304. The molecular weight excluding hydrogens is 216 g/mol. The van der Waals surface area contributed by atoms with Gasteiger partial charge in [-0.3, -0.25) is 4.79 Å². The Morgan fingerprint density at radius 2 is 1.76 bits per heavy atom. The van der Waals surface area contributed by atoms with Crippen LogP contribution >= 0.6 is 0 Å². The molecule has 17 heavy (non-hydrogen) atoms. The number of benzene rings is 2. The van der Waals surface area contributed by atoms with Crippen molar-refractivity contribution in [1.29, 1.82) is 0 Å². The second-order valence-electron chi connectivity index (χ2n) is 3.70. The summed E-state index contributed by atoms with van der Waals surface area (Å²) < 4.78 is 0. The van der Waals surface area contributed by atoms with Gasteiger partial charge in [0.25, 0.3) is 0 Å². The van der Waals surface area contributed by atoms with Crippen LogP contribution in [0.1, 0.15) is 15.9 Å². The van der Waals surface area contributed by atoms with E-state index in [4.69, 9.17) is 11.5 Å². The van der Waals surface area contributed by atoms with Crippen molar-refractivity contribution < 1.29 is 9.90 Å². The Balaban J connectivity index is 2.48. The molecule has 0 radical (unpaired) electrons. The lowest BCUT2D eigenvalue weighted by molar-refractivity contribution is 0.103. The number of nitrogen functional groups attached to an aromatic ring is 2. The van der Waals surface area contributed by atoms with Crippen LogP contribution in [0.4, 0.5) is 11.4 Å². The molecule has 2 aromatic carbocycles. The molecule has 4 nitrogen and oxygen atoms in total. The summed E-state index contributed by atoms with van der Waals surface area (Å²) >= 11 is 0. The molecule has 86 valence electrons. The normalized spacial score (nSPS) is 10.1. The Labute approximate surface area is 98.5 Å². The van der Waals surface area contributed by atoms with Crippen LogP contribution in [0.3, 0.4) is 0 Å². The number of anilines is 2. The van der Waals surface area contributed by atoms with E-state index in [1.807, 2.05) is 0 Å². The minimum absolute atomic E-state index is 0.176. The molecule has 2 aromatic rings. The fourth-order valence-electron chi connectivity index (χ4n) is 1.58. The Hall–Kier alpha value is -2.49. The first kappa shape index (κ1) is 11.0. The van der Waals surface area contributed by atoms with Crippen LogP contribution in [-0.2, 0) is 0 Å². The van der Waals surface area contributed by atoms with E-state index in [1.54, 1.807) is 30.3 Å². The van der Waals surface area contributed by atoms with E-state index in [0.717, 1.165) is 0 Å². The number of hydrogen-bond donors (Lipinski definition) is 3. The average Bonchev–Trinajstić information content (AvgIpc) is 2.32. The van der Waals surface area contributed by atoms with E-state index in [9.17, 15) is 9.90 Å². The highest BCUT2D eigenvalue weighted by atomic mass is 16.3. The summed E-state index contributed by atoms with van der Waals surface area (Å²) in [5, 5.41) is 9.72. The van der Waals surface area contributed by atoms with Crippen LogP contribution in [-0.4, -0.2) is 10.9 Å². The minimum Gasteiger partial charge on any atom is -0.505 e. The first-order chi connectivity index (χ1) is 8.09. The van der Waals surface area contributed by atoms with E-state index >= 15 is 0 Å². The molecule has 4 heteroatoms. The second-order valence-corrected chi connectivity index (χ2v) is 3.70. The molecule has 2 rings (SSSR count). The van der Waals surface area contributed by atoms with Gasteiger partial charge in [-0.25, -0.2) is 0 Å². The molecule has 0 aliphatic rings. The standard InChI is InChI=1S/C13H12N2O2/c14-9-4-1-3-8(7-9)12(16)10-5-2-6-11(15)13(10)17/h1-7,17H,14-15H2. The molecule has 0 saturated heterocycles. The van der Waals surface area contributed by atoms with Crippen molar-refractivity contribution in [1.82, 2.24) is 0 Å². The maximum atomic E-state index is 12.1. The first-order valence-electron chi connectivity index (χ1n) is 5.07. The van der Waals surface area contributed by atoms with Crippen molar-refractivity contribution in [3.05, 3.63) is 53.6 Å². The van der Waals surface area contributed by atoms with Gasteiger partial charge in [0.2, 0.25) is 0 Å². The lowest BCUT2D eigenvalue weighted by Gasteiger charge is -2.06. The van der Waals surface area contributed by atoms with Crippen LogP contribution in [0.15, 0.2) is 42.5 Å². The van der Waals surface area contributed by atoms with Crippen molar-refractivity contribution in [2.45, 2.75) is 0 Å². The van der Waals surface area contributed by atoms with Gasteiger partial charge < -0.3 is 16.6 Å². The lowest BCUT2D eigenvalue weighted by Crippen LogP contribution is -2.03. The summed E-state index contributed by atoms with van der Waals surface area (Å²) in [6.07, 6.45) is 0. The Morgan fingerprint density at radius 1 is 1.06 bits per heavy atom. The smallest absolute Gasteiger partial charge is 0.196 e. The molecule has 0 amide bonds. The molecule has 0 saturated carbocycles. The van der Waals surface area contributed by atoms with Crippen LogP contribution in [0.25, 0.3) is 0 Å². The Morgan fingerprint density at radius 3 is 2.47 bits per heavy atom. The Kier molecular flexibility index (Phi) is 2.70. The van der Waals surface area contributed by atoms with Gasteiger partial charge in [-0.15, -0.1) is 0 Å². The van der Waals surface area contributed by atoms with E-state index < -0.39 is 0 Å². The summed E-state index contributed by atoms with van der Waals surface area (Å²) in [7, 11) is 0. The molecule has 0 heterocycles. The fraction of sp³-hybridized carbons (Fsp3) is 0. The number of ketones is 1. The summed E-state index contributed by atoms with van der Waals surface area (Å²) in [6, 6.07) is 11.3. The topological polar surface area (TPSA) is 89.3 Å². The fourth-order valence-corrected chi connectivity index (χ4v) is 1.58. The third-order valence-electron chi connectivity index (χ3n) is 2.46. The predicted octanol–water partition coefficient (Wildman–Crippen LogP) is 1.79. The summed E-state index contributed by atoms with van der Waals surface area (Å²) in [5.41, 5.74) is 12.4. The van der Waals surface area contributed by atoms with Gasteiger partial charge in [-0.05, 0) is 24.3 Å². The quantitative estimate of drug-likeness (QED) is 0.415. The number of hydrogen-bond acceptors (Lipinski definition) is 4. The van der Waals surface area contributed by atoms with Gasteiger partial charge in [0.15, 0.2) is 5.78 Å².